The standard InChI is InChI=1S/C13H20N4O/c1-2-9-17-10-3-4-12(17)13(18)14-7-5-11-6-8-15-16-11/h2,6,8,12H,1,3-5,7,9-10H2,(H,14,18)(H,15,16)/t12-/m0/s1. The first-order valence-electron chi connectivity index (χ1n) is 6.42. The molecular formula is C13H20N4O. The third-order valence-electron chi connectivity index (χ3n) is 3.28. The van der Waals surface area contributed by atoms with Crippen LogP contribution in [0.2, 0.25) is 0 Å². The lowest BCUT2D eigenvalue weighted by Gasteiger charge is -2.21. The van der Waals surface area contributed by atoms with Crippen molar-refractivity contribution in [1.82, 2.24) is 20.4 Å². The Morgan fingerprint density at radius 3 is 3.33 bits per heavy atom. The van der Waals surface area contributed by atoms with Gasteiger partial charge >= 0.3 is 0 Å². The Labute approximate surface area is 107 Å². The summed E-state index contributed by atoms with van der Waals surface area (Å²) >= 11 is 0. The van der Waals surface area contributed by atoms with Crippen LogP contribution in [0.3, 0.4) is 0 Å². The lowest BCUT2D eigenvalue weighted by molar-refractivity contribution is -0.125. The summed E-state index contributed by atoms with van der Waals surface area (Å²) in [6.07, 6.45) is 6.41. The first-order valence-corrected chi connectivity index (χ1v) is 6.42. The van der Waals surface area contributed by atoms with Gasteiger partial charge in [0.25, 0.3) is 0 Å². The lowest BCUT2D eigenvalue weighted by Crippen LogP contribution is -2.43. The van der Waals surface area contributed by atoms with E-state index in [1.54, 1.807) is 6.20 Å². The van der Waals surface area contributed by atoms with Gasteiger partial charge in [0.15, 0.2) is 0 Å². The fourth-order valence-electron chi connectivity index (χ4n) is 2.37. The number of carbonyl (C=O) groups is 1. The molecule has 1 aliphatic heterocycles. The normalized spacial score (nSPS) is 19.9. The predicted octanol–water partition coefficient (Wildman–Crippen LogP) is 0.719. The van der Waals surface area contributed by atoms with E-state index in [9.17, 15) is 4.79 Å². The van der Waals surface area contributed by atoms with Gasteiger partial charge in [0.2, 0.25) is 5.91 Å². The van der Waals surface area contributed by atoms with Gasteiger partial charge in [0.05, 0.1) is 6.04 Å². The third kappa shape index (κ3) is 3.20. The number of carbonyl (C=O) groups excluding carboxylic acids is 1. The van der Waals surface area contributed by atoms with Crippen molar-refractivity contribution in [3.05, 3.63) is 30.6 Å². The molecule has 2 heterocycles. The number of likely N-dealkylation sites (tertiary alicyclic amines) is 1. The van der Waals surface area contributed by atoms with Crippen molar-refractivity contribution >= 4 is 5.91 Å². The van der Waals surface area contributed by atoms with Crippen LogP contribution in [0.4, 0.5) is 0 Å². The van der Waals surface area contributed by atoms with Crippen molar-refractivity contribution in [3.8, 4) is 0 Å². The van der Waals surface area contributed by atoms with Gasteiger partial charge in [-0.1, -0.05) is 6.08 Å². The maximum atomic E-state index is 12.0. The van der Waals surface area contributed by atoms with E-state index in [1.165, 1.54) is 0 Å². The molecule has 5 nitrogen and oxygen atoms in total. The Hall–Kier alpha value is -1.62. The molecule has 1 aliphatic rings. The minimum Gasteiger partial charge on any atom is -0.354 e. The molecule has 2 rings (SSSR count). The van der Waals surface area contributed by atoms with E-state index >= 15 is 0 Å². The maximum absolute atomic E-state index is 12.0. The first kappa shape index (κ1) is 12.8. The van der Waals surface area contributed by atoms with E-state index in [-0.39, 0.29) is 11.9 Å². The average molecular weight is 248 g/mol. The number of aromatic nitrogens is 2. The smallest absolute Gasteiger partial charge is 0.237 e. The van der Waals surface area contributed by atoms with E-state index < -0.39 is 0 Å². The summed E-state index contributed by atoms with van der Waals surface area (Å²) in [6.45, 7) is 6.16. The van der Waals surface area contributed by atoms with Crippen LogP contribution in [0.1, 0.15) is 18.5 Å². The highest BCUT2D eigenvalue weighted by Gasteiger charge is 2.29. The molecule has 5 heteroatoms. The summed E-state index contributed by atoms with van der Waals surface area (Å²) in [5.74, 6) is 0.133. The average Bonchev–Trinajstić information content (AvgIpc) is 3.00. The molecule has 0 spiro atoms. The van der Waals surface area contributed by atoms with Crippen LogP contribution in [0.25, 0.3) is 0 Å². The summed E-state index contributed by atoms with van der Waals surface area (Å²) < 4.78 is 0. The van der Waals surface area contributed by atoms with E-state index in [0.717, 1.165) is 38.0 Å². The second kappa shape index (κ2) is 6.35. The molecule has 18 heavy (non-hydrogen) atoms. The molecule has 0 radical (unpaired) electrons. The number of H-pyrrole nitrogens is 1. The van der Waals surface area contributed by atoms with Crippen LogP contribution < -0.4 is 5.32 Å². The minimum atomic E-state index is 0.0183. The summed E-state index contributed by atoms with van der Waals surface area (Å²) in [5.41, 5.74) is 1.05. The summed E-state index contributed by atoms with van der Waals surface area (Å²) in [6, 6.07) is 1.94. The second-order valence-corrected chi connectivity index (χ2v) is 4.56. The highest BCUT2D eigenvalue weighted by Crippen LogP contribution is 2.16. The van der Waals surface area contributed by atoms with Gasteiger partial charge in [0.1, 0.15) is 0 Å². The van der Waals surface area contributed by atoms with E-state index in [2.05, 4.69) is 27.0 Å². The predicted molar refractivity (Wildman–Crippen MR) is 70.1 cm³/mol. The zero-order chi connectivity index (χ0) is 12.8. The SMILES string of the molecule is C=CCN1CCC[C@H]1C(=O)NCCc1ccn[nH]1. The molecular weight excluding hydrogens is 228 g/mol. The molecule has 1 saturated heterocycles. The van der Waals surface area contributed by atoms with Crippen molar-refractivity contribution in [2.75, 3.05) is 19.6 Å². The molecule has 0 aromatic carbocycles. The quantitative estimate of drug-likeness (QED) is 0.729. The minimum absolute atomic E-state index is 0.0183. The number of amides is 1. The van der Waals surface area contributed by atoms with Gasteiger partial charge in [0, 0.05) is 31.4 Å². The molecule has 1 aromatic heterocycles. The molecule has 2 N–H and O–H groups in total. The number of nitrogens with one attached hydrogen (secondary N) is 2. The van der Waals surface area contributed by atoms with Crippen molar-refractivity contribution in [3.63, 3.8) is 0 Å². The van der Waals surface area contributed by atoms with Crippen LogP contribution in [0.15, 0.2) is 24.9 Å². The van der Waals surface area contributed by atoms with Gasteiger partial charge in [-0.25, -0.2) is 0 Å². The van der Waals surface area contributed by atoms with Crippen LogP contribution in [0, 0.1) is 0 Å². The highest BCUT2D eigenvalue weighted by atomic mass is 16.2. The Morgan fingerprint density at radius 1 is 1.72 bits per heavy atom. The number of nitrogens with zero attached hydrogens (tertiary/aromatic N) is 2. The van der Waals surface area contributed by atoms with Crippen molar-refractivity contribution < 1.29 is 4.79 Å². The van der Waals surface area contributed by atoms with Gasteiger partial charge < -0.3 is 5.32 Å². The van der Waals surface area contributed by atoms with Gasteiger partial charge in [-0.3, -0.25) is 14.8 Å². The van der Waals surface area contributed by atoms with Crippen molar-refractivity contribution in [1.29, 1.82) is 0 Å². The zero-order valence-corrected chi connectivity index (χ0v) is 10.6. The zero-order valence-electron chi connectivity index (χ0n) is 10.6. The molecule has 1 aromatic rings. The number of hydrogen-bond acceptors (Lipinski definition) is 3. The largest absolute Gasteiger partial charge is 0.354 e. The number of aromatic amines is 1. The Morgan fingerprint density at radius 2 is 2.61 bits per heavy atom. The van der Waals surface area contributed by atoms with Crippen molar-refractivity contribution in [2.24, 2.45) is 0 Å². The topological polar surface area (TPSA) is 61.0 Å². The maximum Gasteiger partial charge on any atom is 0.237 e. The summed E-state index contributed by atoms with van der Waals surface area (Å²) in [4.78, 5) is 14.2. The fraction of sp³-hybridized carbons (Fsp3) is 0.538. The third-order valence-corrected chi connectivity index (χ3v) is 3.28. The molecule has 0 unspecified atom stereocenters. The number of hydrogen-bond donors (Lipinski definition) is 2. The van der Waals surface area contributed by atoms with Crippen LogP contribution in [-0.2, 0) is 11.2 Å². The Bertz CT molecular complexity index is 388. The van der Waals surface area contributed by atoms with E-state index in [0.29, 0.717) is 6.54 Å². The fourth-order valence-corrected chi connectivity index (χ4v) is 2.37. The Kier molecular flexibility index (Phi) is 4.52. The molecule has 0 aliphatic carbocycles. The van der Waals surface area contributed by atoms with Gasteiger partial charge in [-0.05, 0) is 25.5 Å². The highest BCUT2D eigenvalue weighted by molar-refractivity contribution is 5.82. The van der Waals surface area contributed by atoms with E-state index in [1.807, 2.05) is 12.1 Å². The molecule has 1 atom stereocenters. The molecule has 98 valence electrons. The summed E-state index contributed by atoms with van der Waals surface area (Å²) in [7, 11) is 0. The van der Waals surface area contributed by atoms with Crippen LogP contribution >= 0.6 is 0 Å². The molecule has 0 bridgehead atoms. The molecule has 1 amide bonds. The van der Waals surface area contributed by atoms with Crippen LogP contribution in [-0.4, -0.2) is 46.7 Å². The summed E-state index contributed by atoms with van der Waals surface area (Å²) in [5, 5.41) is 9.75. The lowest BCUT2D eigenvalue weighted by atomic mass is 10.2. The first-order chi connectivity index (χ1) is 8.81. The number of rotatable bonds is 6. The van der Waals surface area contributed by atoms with Crippen molar-refractivity contribution in [2.45, 2.75) is 25.3 Å². The van der Waals surface area contributed by atoms with Gasteiger partial charge in [-0.15, -0.1) is 6.58 Å². The van der Waals surface area contributed by atoms with Gasteiger partial charge in [-0.2, -0.15) is 5.10 Å². The molecule has 1 fully saturated rings. The Balaban J connectivity index is 1.75. The van der Waals surface area contributed by atoms with Crippen LogP contribution in [0.5, 0.6) is 0 Å². The molecule has 0 saturated carbocycles. The second-order valence-electron chi connectivity index (χ2n) is 4.56. The van der Waals surface area contributed by atoms with E-state index in [4.69, 9.17) is 0 Å². The monoisotopic (exact) mass is 248 g/mol.